The first-order chi connectivity index (χ1) is 8.56. The van der Waals surface area contributed by atoms with Crippen LogP contribution in [0, 0.1) is 0 Å². The highest BCUT2D eigenvalue weighted by Gasteiger charge is 2.27. The van der Waals surface area contributed by atoms with E-state index in [2.05, 4.69) is 15.0 Å². The summed E-state index contributed by atoms with van der Waals surface area (Å²) in [7, 11) is 0. The van der Waals surface area contributed by atoms with Crippen LogP contribution in [0.3, 0.4) is 0 Å². The lowest BCUT2D eigenvalue weighted by Gasteiger charge is -2.23. The highest BCUT2D eigenvalue weighted by atomic mass is 16.5. The number of aliphatic hydroxyl groups excluding tert-OH is 1. The fourth-order valence-corrected chi connectivity index (χ4v) is 2.51. The number of hydrogen-bond acceptors (Lipinski definition) is 5. The van der Waals surface area contributed by atoms with E-state index in [9.17, 15) is 5.11 Å². The number of aromatic nitrogens is 2. The van der Waals surface area contributed by atoms with Crippen LogP contribution in [0.5, 0.6) is 0 Å². The van der Waals surface area contributed by atoms with Gasteiger partial charge in [-0.05, 0) is 32.7 Å². The Labute approximate surface area is 108 Å². The van der Waals surface area contributed by atoms with E-state index in [0.717, 1.165) is 31.8 Å². The van der Waals surface area contributed by atoms with Crippen molar-refractivity contribution < 1.29 is 9.63 Å². The molecular formula is C13H23N3O2. The molecule has 1 aliphatic rings. The predicted molar refractivity (Wildman–Crippen MR) is 68.1 cm³/mol. The first kappa shape index (κ1) is 13.5. The molecule has 2 heterocycles. The van der Waals surface area contributed by atoms with Gasteiger partial charge in [-0.1, -0.05) is 19.0 Å². The second kappa shape index (κ2) is 5.80. The highest BCUT2D eigenvalue weighted by molar-refractivity contribution is 4.92. The number of hydrogen-bond donors (Lipinski definition) is 1. The molecule has 0 amide bonds. The van der Waals surface area contributed by atoms with Crippen molar-refractivity contribution in [3.8, 4) is 0 Å². The second-order valence-corrected chi connectivity index (χ2v) is 5.55. The van der Waals surface area contributed by atoms with E-state index >= 15 is 0 Å². The zero-order valence-electron chi connectivity index (χ0n) is 11.5. The van der Waals surface area contributed by atoms with E-state index in [1.165, 1.54) is 6.42 Å². The summed E-state index contributed by atoms with van der Waals surface area (Å²) >= 11 is 0. The zero-order valence-corrected chi connectivity index (χ0v) is 11.5. The molecule has 0 aromatic carbocycles. The van der Waals surface area contributed by atoms with Crippen molar-refractivity contribution >= 4 is 0 Å². The van der Waals surface area contributed by atoms with E-state index in [4.69, 9.17) is 4.52 Å². The standard InChI is InChI=1S/C13H23N3O2/c1-9(2)13-14-12(15-18-13)8-16-6-4-5-11(16)7-10(3)17/h9-11,17H,4-8H2,1-3H3. The first-order valence-corrected chi connectivity index (χ1v) is 6.81. The van der Waals surface area contributed by atoms with E-state index in [0.29, 0.717) is 11.9 Å². The van der Waals surface area contributed by atoms with Gasteiger partial charge < -0.3 is 9.63 Å². The van der Waals surface area contributed by atoms with Crippen LogP contribution in [0.15, 0.2) is 4.52 Å². The number of rotatable bonds is 5. The Balaban J connectivity index is 1.94. The molecule has 18 heavy (non-hydrogen) atoms. The summed E-state index contributed by atoms with van der Waals surface area (Å²) in [6, 6.07) is 0.450. The molecule has 1 aromatic heterocycles. The maximum atomic E-state index is 9.50. The van der Waals surface area contributed by atoms with Crippen molar-refractivity contribution in [2.75, 3.05) is 6.54 Å². The van der Waals surface area contributed by atoms with Gasteiger partial charge in [0.25, 0.3) is 0 Å². The van der Waals surface area contributed by atoms with Crippen LogP contribution in [0.4, 0.5) is 0 Å². The summed E-state index contributed by atoms with van der Waals surface area (Å²) < 4.78 is 5.22. The van der Waals surface area contributed by atoms with Gasteiger partial charge >= 0.3 is 0 Å². The van der Waals surface area contributed by atoms with Crippen LogP contribution in [0.25, 0.3) is 0 Å². The average molecular weight is 253 g/mol. The lowest BCUT2D eigenvalue weighted by Crippen LogP contribution is -2.31. The van der Waals surface area contributed by atoms with Gasteiger partial charge in [-0.25, -0.2) is 0 Å². The molecule has 2 atom stereocenters. The molecule has 0 bridgehead atoms. The summed E-state index contributed by atoms with van der Waals surface area (Å²) in [5.41, 5.74) is 0. The molecule has 1 aromatic rings. The molecule has 0 radical (unpaired) electrons. The molecule has 102 valence electrons. The monoisotopic (exact) mass is 253 g/mol. The molecule has 0 aliphatic carbocycles. The minimum atomic E-state index is -0.243. The van der Waals surface area contributed by atoms with Crippen molar-refractivity contribution in [1.29, 1.82) is 0 Å². The van der Waals surface area contributed by atoms with Gasteiger partial charge in [0.2, 0.25) is 5.89 Å². The molecule has 1 N–H and O–H groups in total. The molecule has 1 saturated heterocycles. The summed E-state index contributed by atoms with van der Waals surface area (Å²) in [5, 5.41) is 13.5. The lowest BCUT2D eigenvalue weighted by molar-refractivity contribution is 0.129. The fraction of sp³-hybridized carbons (Fsp3) is 0.846. The summed E-state index contributed by atoms with van der Waals surface area (Å²) in [5.74, 6) is 1.74. The van der Waals surface area contributed by atoms with Crippen LogP contribution in [-0.2, 0) is 6.54 Å². The Kier molecular flexibility index (Phi) is 4.35. The maximum Gasteiger partial charge on any atom is 0.229 e. The van der Waals surface area contributed by atoms with Crippen molar-refractivity contribution in [3.63, 3.8) is 0 Å². The third kappa shape index (κ3) is 3.29. The highest BCUT2D eigenvalue weighted by Crippen LogP contribution is 2.23. The van der Waals surface area contributed by atoms with Crippen LogP contribution in [0.2, 0.25) is 0 Å². The Morgan fingerprint density at radius 1 is 1.44 bits per heavy atom. The quantitative estimate of drug-likeness (QED) is 0.868. The molecular weight excluding hydrogens is 230 g/mol. The van der Waals surface area contributed by atoms with Gasteiger partial charge in [-0.15, -0.1) is 0 Å². The van der Waals surface area contributed by atoms with Gasteiger partial charge in [0, 0.05) is 12.0 Å². The van der Waals surface area contributed by atoms with Crippen molar-refractivity contribution in [2.45, 2.75) is 64.6 Å². The Morgan fingerprint density at radius 2 is 2.22 bits per heavy atom. The van der Waals surface area contributed by atoms with Gasteiger partial charge in [-0.2, -0.15) is 4.98 Å². The number of likely N-dealkylation sites (tertiary alicyclic amines) is 1. The third-order valence-electron chi connectivity index (χ3n) is 3.43. The Morgan fingerprint density at radius 3 is 2.83 bits per heavy atom. The van der Waals surface area contributed by atoms with Crippen LogP contribution in [-0.4, -0.2) is 38.8 Å². The van der Waals surface area contributed by atoms with Crippen molar-refractivity contribution in [2.24, 2.45) is 0 Å². The first-order valence-electron chi connectivity index (χ1n) is 6.81. The minimum Gasteiger partial charge on any atom is -0.393 e. The lowest BCUT2D eigenvalue weighted by atomic mass is 10.1. The normalized spacial score (nSPS) is 22.8. The largest absolute Gasteiger partial charge is 0.393 e. The number of aliphatic hydroxyl groups is 1. The van der Waals surface area contributed by atoms with Crippen molar-refractivity contribution in [1.82, 2.24) is 15.0 Å². The molecule has 0 spiro atoms. The average Bonchev–Trinajstić information content (AvgIpc) is 2.89. The fourth-order valence-electron chi connectivity index (χ4n) is 2.51. The Hall–Kier alpha value is -0.940. The van der Waals surface area contributed by atoms with E-state index in [-0.39, 0.29) is 12.0 Å². The molecule has 1 aliphatic heterocycles. The topological polar surface area (TPSA) is 62.4 Å². The molecule has 2 unspecified atom stereocenters. The SMILES string of the molecule is CC(O)CC1CCCN1Cc1noc(C(C)C)n1. The van der Waals surface area contributed by atoms with Crippen LogP contribution >= 0.6 is 0 Å². The van der Waals surface area contributed by atoms with E-state index < -0.39 is 0 Å². The maximum absolute atomic E-state index is 9.50. The van der Waals surface area contributed by atoms with Gasteiger partial charge in [0.05, 0.1) is 12.6 Å². The summed E-state index contributed by atoms with van der Waals surface area (Å²) in [4.78, 5) is 6.75. The molecule has 5 heteroatoms. The van der Waals surface area contributed by atoms with Gasteiger partial charge in [0.1, 0.15) is 0 Å². The van der Waals surface area contributed by atoms with Gasteiger partial charge in [-0.3, -0.25) is 4.90 Å². The summed E-state index contributed by atoms with van der Waals surface area (Å²) in [6.45, 7) is 7.73. The zero-order chi connectivity index (χ0) is 13.1. The van der Waals surface area contributed by atoms with Crippen LogP contribution in [0.1, 0.15) is 57.7 Å². The summed E-state index contributed by atoms with van der Waals surface area (Å²) in [6.07, 6.45) is 2.92. The molecule has 1 fully saturated rings. The van der Waals surface area contributed by atoms with E-state index in [1.54, 1.807) is 0 Å². The second-order valence-electron chi connectivity index (χ2n) is 5.55. The smallest absolute Gasteiger partial charge is 0.229 e. The van der Waals surface area contributed by atoms with Crippen molar-refractivity contribution in [3.05, 3.63) is 11.7 Å². The Bertz CT molecular complexity index is 376. The van der Waals surface area contributed by atoms with Crippen LogP contribution < -0.4 is 0 Å². The van der Waals surface area contributed by atoms with Gasteiger partial charge in [0.15, 0.2) is 5.82 Å². The molecule has 0 saturated carbocycles. The number of nitrogens with zero attached hydrogens (tertiary/aromatic N) is 3. The molecule has 5 nitrogen and oxygen atoms in total. The third-order valence-corrected chi connectivity index (χ3v) is 3.43. The van der Waals surface area contributed by atoms with E-state index in [1.807, 2.05) is 20.8 Å². The minimum absolute atomic E-state index is 0.243. The molecule has 2 rings (SSSR count). The predicted octanol–water partition coefficient (Wildman–Crippen LogP) is 1.93.